The van der Waals surface area contributed by atoms with Gasteiger partial charge in [-0.1, -0.05) is 84.2 Å². The molecule has 0 amide bonds. The standard InChI is InChI=1S/C26H23N2OSSi/c1-16-19-13-9-8-10-17(19)14-20-21(16)23-22-24(29-20)26(30-25(22)27-15-28(23)2)31(3,4)18-11-6-5-7-12-18/h5-15H,1-4H3/q+1. The van der Waals surface area contributed by atoms with Crippen LogP contribution in [-0.4, -0.2) is 13.1 Å². The van der Waals surface area contributed by atoms with E-state index in [1.54, 1.807) is 11.3 Å². The highest BCUT2D eigenvalue weighted by molar-refractivity contribution is 7.34. The molecule has 0 saturated carbocycles. The maximum Gasteiger partial charge on any atom is 0.288 e. The lowest BCUT2D eigenvalue weighted by molar-refractivity contribution is -0.662. The molecule has 0 saturated heterocycles. The Kier molecular flexibility index (Phi) is 3.92. The van der Waals surface area contributed by atoms with Crippen molar-refractivity contribution in [3.05, 3.63) is 72.6 Å². The molecule has 2 aromatic heterocycles. The smallest absolute Gasteiger partial charge is 0.288 e. The van der Waals surface area contributed by atoms with Gasteiger partial charge in [0.15, 0.2) is 11.4 Å². The fourth-order valence-electron chi connectivity index (χ4n) is 4.86. The summed E-state index contributed by atoms with van der Waals surface area (Å²) in [6.07, 6.45) is 1.95. The molecule has 152 valence electrons. The molecule has 1 aliphatic heterocycles. The minimum atomic E-state index is -1.95. The van der Waals surface area contributed by atoms with Crippen LogP contribution < -0.4 is 19.0 Å². The number of aromatic nitrogens is 2. The van der Waals surface area contributed by atoms with Crippen LogP contribution in [-0.2, 0) is 7.05 Å². The number of thiophene rings is 1. The molecular weight excluding hydrogens is 416 g/mol. The van der Waals surface area contributed by atoms with Crippen LogP contribution in [0.15, 0.2) is 67.0 Å². The van der Waals surface area contributed by atoms with Crippen molar-refractivity contribution < 1.29 is 9.30 Å². The van der Waals surface area contributed by atoms with Gasteiger partial charge in [-0.2, -0.15) is 0 Å². The third-order valence-electron chi connectivity index (χ3n) is 6.57. The molecule has 0 radical (unpaired) electrons. The molecule has 0 bridgehead atoms. The molecular formula is C26H23N2OSSi+. The Morgan fingerprint density at radius 3 is 2.55 bits per heavy atom. The number of fused-ring (bicyclic) bond motifs is 3. The van der Waals surface area contributed by atoms with E-state index in [0.29, 0.717) is 0 Å². The van der Waals surface area contributed by atoms with Gasteiger partial charge in [0.05, 0.1) is 12.6 Å². The molecule has 0 atom stereocenters. The van der Waals surface area contributed by atoms with E-state index in [4.69, 9.17) is 9.72 Å². The molecule has 3 heterocycles. The first kappa shape index (κ1) is 18.7. The highest BCUT2D eigenvalue weighted by Gasteiger charge is 2.39. The molecule has 0 N–H and O–H groups in total. The van der Waals surface area contributed by atoms with E-state index in [2.05, 4.69) is 92.3 Å². The number of hydrogen-bond donors (Lipinski definition) is 0. The van der Waals surface area contributed by atoms with E-state index in [0.717, 1.165) is 21.7 Å². The Labute approximate surface area is 186 Å². The first-order chi connectivity index (χ1) is 15.0. The molecule has 6 rings (SSSR count). The SMILES string of the molecule is Cc1c2c(cc3ccccc13)Oc1c([Si](C)(C)c3ccccc3)sc3nc[n+](C)c-2c13. The number of rotatable bonds is 2. The number of benzene rings is 3. The van der Waals surface area contributed by atoms with E-state index >= 15 is 0 Å². The summed E-state index contributed by atoms with van der Waals surface area (Å²) in [6, 6.07) is 21.6. The normalized spacial score (nSPS) is 12.8. The molecule has 0 fully saturated rings. The average molecular weight is 440 g/mol. The number of nitrogens with zero attached hydrogens (tertiary/aromatic N) is 2. The molecule has 3 nitrogen and oxygen atoms in total. The van der Waals surface area contributed by atoms with Gasteiger partial charge in [-0.05, 0) is 34.3 Å². The van der Waals surface area contributed by atoms with Gasteiger partial charge in [0.25, 0.3) is 6.33 Å². The van der Waals surface area contributed by atoms with Crippen LogP contribution in [0.25, 0.3) is 32.2 Å². The van der Waals surface area contributed by atoms with Crippen molar-refractivity contribution in [2.75, 3.05) is 0 Å². The lowest BCUT2D eigenvalue weighted by Gasteiger charge is -2.26. The van der Waals surface area contributed by atoms with E-state index in [1.165, 1.54) is 37.3 Å². The zero-order valence-electron chi connectivity index (χ0n) is 18.1. The Morgan fingerprint density at radius 1 is 1.00 bits per heavy atom. The number of ether oxygens (including phenoxy) is 1. The molecule has 0 aliphatic carbocycles. The van der Waals surface area contributed by atoms with E-state index in [9.17, 15) is 0 Å². The van der Waals surface area contributed by atoms with Gasteiger partial charge in [-0.25, -0.2) is 4.57 Å². The Bertz CT molecular complexity index is 1510. The van der Waals surface area contributed by atoms with Crippen LogP contribution in [0.4, 0.5) is 0 Å². The highest BCUT2D eigenvalue weighted by Crippen LogP contribution is 2.49. The topological polar surface area (TPSA) is 26.0 Å². The summed E-state index contributed by atoms with van der Waals surface area (Å²) < 4.78 is 10.3. The average Bonchev–Trinajstić information content (AvgIpc) is 3.16. The minimum absolute atomic E-state index is 0.948. The molecule has 31 heavy (non-hydrogen) atoms. The third-order valence-corrected chi connectivity index (χ3v) is 12.4. The summed E-state index contributed by atoms with van der Waals surface area (Å²) in [5.41, 5.74) is 3.66. The number of hydrogen-bond acceptors (Lipinski definition) is 3. The van der Waals surface area contributed by atoms with Crippen molar-refractivity contribution in [3.8, 4) is 22.8 Å². The van der Waals surface area contributed by atoms with Crippen LogP contribution in [0.3, 0.4) is 0 Å². The van der Waals surface area contributed by atoms with Crippen LogP contribution in [0.1, 0.15) is 5.56 Å². The zero-order valence-corrected chi connectivity index (χ0v) is 19.9. The second kappa shape index (κ2) is 6.49. The van der Waals surface area contributed by atoms with Crippen molar-refractivity contribution in [1.82, 2.24) is 4.98 Å². The summed E-state index contributed by atoms with van der Waals surface area (Å²) in [6.45, 7) is 7.03. The fraction of sp³-hybridized carbons (Fsp3) is 0.154. The Hall–Kier alpha value is -3.02. The molecule has 1 aliphatic rings. The van der Waals surface area contributed by atoms with Gasteiger partial charge in [-0.3, -0.25) is 0 Å². The van der Waals surface area contributed by atoms with Gasteiger partial charge in [0, 0.05) is 4.50 Å². The Balaban J connectivity index is 1.71. The molecule has 5 aromatic rings. The zero-order chi connectivity index (χ0) is 21.3. The van der Waals surface area contributed by atoms with Crippen molar-refractivity contribution in [2.45, 2.75) is 20.0 Å². The van der Waals surface area contributed by atoms with Gasteiger partial charge < -0.3 is 4.74 Å². The summed E-state index contributed by atoms with van der Waals surface area (Å²) in [5, 5.41) is 5.06. The lowest BCUT2D eigenvalue weighted by atomic mass is 9.94. The van der Waals surface area contributed by atoms with Gasteiger partial charge in [-0.15, -0.1) is 0 Å². The summed E-state index contributed by atoms with van der Waals surface area (Å²) in [7, 11) is 0.135. The van der Waals surface area contributed by atoms with Gasteiger partial charge in [0.1, 0.15) is 19.2 Å². The van der Waals surface area contributed by atoms with Gasteiger partial charge in [0.2, 0.25) is 4.83 Å². The van der Waals surface area contributed by atoms with Crippen LogP contribution in [0.2, 0.25) is 13.1 Å². The number of aryl methyl sites for hydroxylation is 2. The third kappa shape index (κ3) is 2.57. The van der Waals surface area contributed by atoms with Crippen molar-refractivity contribution in [1.29, 1.82) is 0 Å². The maximum atomic E-state index is 6.76. The summed E-state index contributed by atoms with van der Waals surface area (Å²) in [5.74, 6) is 1.96. The van der Waals surface area contributed by atoms with Crippen molar-refractivity contribution >= 4 is 50.1 Å². The van der Waals surface area contributed by atoms with Crippen LogP contribution in [0.5, 0.6) is 11.5 Å². The van der Waals surface area contributed by atoms with Crippen molar-refractivity contribution in [2.24, 2.45) is 7.05 Å². The van der Waals surface area contributed by atoms with Crippen molar-refractivity contribution in [3.63, 3.8) is 0 Å². The fourth-order valence-corrected chi connectivity index (χ4v) is 9.37. The van der Waals surface area contributed by atoms with Gasteiger partial charge >= 0.3 is 0 Å². The largest absolute Gasteiger partial charge is 0.455 e. The van der Waals surface area contributed by atoms with E-state index in [1.807, 2.05) is 6.33 Å². The Morgan fingerprint density at radius 2 is 1.74 bits per heavy atom. The van der Waals surface area contributed by atoms with E-state index < -0.39 is 8.07 Å². The maximum absolute atomic E-state index is 6.76. The predicted octanol–water partition coefficient (Wildman–Crippen LogP) is 5.18. The quantitative estimate of drug-likeness (QED) is 0.275. The lowest BCUT2D eigenvalue weighted by Crippen LogP contribution is -2.51. The first-order valence-corrected chi connectivity index (χ1v) is 14.4. The summed E-state index contributed by atoms with van der Waals surface area (Å²) in [4.78, 5) is 5.86. The van der Waals surface area contributed by atoms with E-state index in [-0.39, 0.29) is 0 Å². The molecule has 5 heteroatoms. The molecule has 0 spiro atoms. The second-order valence-electron chi connectivity index (χ2n) is 8.83. The van der Waals surface area contributed by atoms with Crippen LogP contribution in [0, 0.1) is 6.92 Å². The van der Waals surface area contributed by atoms with Crippen LogP contribution >= 0.6 is 11.3 Å². The summed E-state index contributed by atoms with van der Waals surface area (Å²) >= 11 is 1.81. The highest BCUT2D eigenvalue weighted by atomic mass is 32.1. The molecule has 3 aromatic carbocycles. The minimum Gasteiger partial charge on any atom is -0.455 e. The first-order valence-electron chi connectivity index (χ1n) is 10.5. The second-order valence-corrected chi connectivity index (χ2v) is 14.5. The monoisotopic (exact) mass is 439 g/mol. The predicted molar refractivity (Wildman–Crippen MR) is 132 cm³/mol. The molecule has 0 unspecified atom stereocenters.